The van der Waals surface area contributed by atoms with Crippen molar-refractivity contribution in [2.24, 2.45) is 5.73 Å². The van der Waals surface area contributed by atoms with Crippen LogP contribution in [0.2, 0.25) is 0 Å². The lowest BCUT2D eigenvalue weighted by molar-refractivity contribution is 0.255. The largest absolute Gasteiger partial charge is 0.485 e. The number of rotatable bonds is 10. The second kappa shape index (κ2) is 10.5. The van der Waals surface area contributed by atoms with Crippen molar-refractivity contribution >= 4 is 0 Å². The smallest absolute Gasteiger partial charge is 0.161 e. The van der Waals surface area contributed by atoms with Gasteiger partial charge in [0.1, 0.15) is 13.2 Å². The van der Waals surface area contributed by atoms with Crippen LogP contribution >= 0.6 is 0 Å². The van der Waals surface area contributed by atoms with E-state index in [1.54, 1.807) is 0 Å². The summed E-state index contributed by atoms with van der Waals surface area (Å²) in [5, 5.41) is 3.20. The van der Waals surface area contributed by atoms with E-state index in [2.05, 4.69) is 41.7 Å². The highest BCUT2D eigenvalue weighted by Crippen LogP contribution is 2.32. The van der Waals surface area contributed by atoms with E-state index in [0.717, 1.165) is 34.7 Å². The molecule has 146 valence electrons. The maximum Gasteiger partial charge on any atom is 0.161 e. The quantitative estimate of drug-likeness (QED) is 0.559. The molecule has 0 bridgehead atoms. The SMILES string of the molecule is CNCC(CN)c1ccc(OCc2ccccc2)c(OCc2ccccc2)c1. The molecule has 0 aliphatic heterocycles. The van der Waals surface area contributed by atoms with Gasteiger partial charge >= 0.3 is 0 Å². The maximum absolute atomic E-state index is 6.14. The first-order valence-electron chi connectivity index (χ1n) is 9.62. The molecule has 0 aliphatic rings. The van der Waals surface area contributed by atoms with Crippen LogP contribution in [-0.2, 0) is 13.2 Å². The van der Waals surface area contributed by atoms with Crippen LogP contribution in [0.15, 0.2) is 78.9 Å². The number of nitrogens with two attached hydrogens (primary N) is 1. The number of hydrogen-bond acceptors (Lipinski definition) is 4. The van der Waals surface area contributed by atoms with Gasteiger partial charge in [-0.2, -0.15) is 0 Å². The summed E-state index contributed by atoms with van der Waals surface area (Å²) in [5.41, 5.74) is 9.35. The van der Waals surface area contributed by atoms with Crippen molar-refractivity contribution < 1.29 is 9.47 Å². The molecule has 28 heavy (non-hydrogen) atoms. The van der Waals surface area contributed by atoms with Gasteiger partial charge < -0.3 is 20.5 Å². The Bertz CT molecular complexity index is 838. The standard InChI is InChI=1S/C24H28N2O2/c1-26-16-22(15-25)21-12-13-23(27-17-19-8-4-2-5-9-19)24(14-21)28-18-20-10-6-3-7-11-20/h2-14,22,26H,15-18,25H2,1H3. The summed E-state index contributed by atoms with van der Waals surface area (Å²) in [5.74, 6) is 1.71. The Kier molecular flexibility index (Phi) is 7.47. The zero-order valence-electron chi connectivity index (χ0n) is 16.3. The molecule has 1 unspecified atom stereocenters. The van der Waals surface area contributed by atoms with E-state index in [9.17, 15) is 0 Å². The summed E-state index contributed by atoms with van der Waals surface area (Å²) in [6.07, 6.45) is 0. The lowest BCUT2D eigenvalue weighted by atomic mass is 9.98. The molecular formula is C24H28N2O2. The van der Waals surface area contributed by atoms with Gasteiger partial charge in [-0.05, 0) is 35.9 Å². The third kappa shape index (κ3) is 5.59. The van der Waals surface area contributed by atoms with Gasteiger partial charge in [0.15, 0.2) is 11.5 Å². The van der Waals surface area contributed by atoms with Crippen LogP contribution in [-0.4, -0.2) is 20.1 Å². The summed E-state index contributed by atoms with van der Waals surface area (Å²) in [7, 11) is 1.94. The van der Waals surface area contributed by atoms with Gasteiger partial charge in [0, 0.05) is 19.0 Å². The Morgan fingerprint density at radius 2 is 1.36 bits per heavy atom. The summed E-state index contributed by atoms with van der Waals surface area (Å²) in [6.45, 7) is 2.38. The highest BCUT2D eigenvalue weighted by molar-refractivity contribution is 5.44. The fourth-order valence-electron chi connectivity index (χ4n) is 3.06. The fraction of sp³-hybridized carbons (Fsp3) is 0.250. The Morgan fingerprint density at radius 1 is 0.786 bits per heavy atom. The number of likely N-dealkylation sites (N-methyl/N-ethyl adjacent to an activating group) is 1. The molecule has 3 N–H and O–H groups in total. The average molecular weight is 377 g/mol. The van der Waals surface area contributed by atoms with Gasteiger partial charge in [0.25, 0.3) is 0 Å². The van der Waals surface area contributed by atoms with Crippen molar-refractivity contribution in [3.8, 4) is 11.5 Å². The first-order chi connectivity index (χ1) is 13.8. The van der Waals surface area contributed by atoms with Crippen LogP contribution in [0.25, 0.3) is 0 Å². The van der Waals surface area contributed by atoms with Gasteiger partial charge in [0.05, 0.1) is 0 Å². The van der Waals surface area contributed by atoms with Crippen LogP contribution in [0.4, 0.5) is 0 Å². The zero-order valence-corrected chi connectivity index (χ0v) is 16.3. The molecular weight excluding hydrogens is 348 g/mol. The molecule has 3 aromatic rings. The van der Waals surface area contributed by atoms with Crippen molar-refractivity contribution in [3.63, 3.8) is 0 Å². The Balaban J connectivity index is 1.79. The molecule has 0 amide bonds. The molecule has 0 aromatic heterocycles. The number of benzene rings is 3. The summed E-state index contributed by atoms with van der Waals surface area (Å²) in [4.78, 5) is 0. The molecule has 3 rings (SSSR count). The molecule has 0 spiro atoms. The summed E-state index contributed by atoms with van der Waals surface area (Å²) in [6, 6.07) is 26.4. The van der Waals surface area contributed by atoms with E-state index in [-0.39, 0.29) is 5.92 Å². The monoisotopic (exact) mass is 376 g/mol. The zero-order chi connectivity index (χ0) is 19.6. The lowest BCUT2D eigenvalue weighted by Gasteiger charge is -2.19. The van der Waals surface area contributed by atoms with Crippen molar-refractivity contribution in [1.29, 1.82) is 0 Å². The van der Waals surface area contributed by atoms with E-state index in [0.29, 0.717) is 19.8 Å². The molecule has 0 saturated heterocycles. The van der Waals surface area contributed by atoms with Gasteiger partial charge in [-0.1, -0.05) is 66.7 Å². The summed E-state index contributed by atoms with van der Waals surface area (Å²) >= 11 is 0. The van der Waals surface area contributed by atoms with Crippen molar-refractivity contribution in [2.45, 2.75) is 19.1 Å². The normalized spacial score (nSPS) is 11.8. The maximum atomic E-state index is 6.14. The predicted octanol–water partition coefficient (Wildman–Crippen LogP) is 4.11. The molecule has 1 atom stereocenters. The topological polar surface area (TPSA) is 56.5 Å². The highest BCUT2D eigenvalue weighted by Gasteiger charge is 2.14. The predicted molar refractivity (Wildman–Crippen MR) is 114 cm³/mol. The Hall–Kier alpha value is -2.82. The van der Waals surface area contributed by atoms with Gasteiger partial charge in [-0.15, -0.1) is 0 Å². The van der Waals surface area contributed by atoms with Gasteiger partial charge in [-0.3, -0.25) is 0 Å². The Morgan fingerprint density at radius 3 is 1.89 bits per heavy atom. The molecule has 4 nitrogen and oxygen atoms in total. The van der Waals surface area contributed by atoms with Gasteiger partial charge in [-0.25, -0.2) is 0 Å². The number of ether oxygens (including phenoxy) is 2. The van der Waals surface area contributed by atoms with Crippen molar-refractivity contribution in [1.82, 2.24) is 5.32 Å². The molecule has 0 saturated carbocycles. The molecule has 0 fully saturated rings. The minimum atomic E-state index is 0.229. The Labute approximate surface area is 167 Å². The molecule has 0 aliphatic carbocycles. The summed E-state index contributed by atoms with van der Waals surface area (Å²) < 4.78 is 12.2. The van der Waals surface area contributed by atoms with Crippen LogP contribution in [0.5, 0.6) is 11.5 Å². The van der Waals surface area contributed by atoms with E-state index in [1.165, 1.54) is 0 Å². The number of hydrogen-bond donors (Lipinski definition) is 2. The van der Waals surface area contributed by atoms with Crippen molar-refractivity contribution in [2.75, 3.05) is 20.1 Å². The molecule has 0 radical (unpaired) electrons. The third-order valence-electron chi connectivity index (χ3n) is 4.65. The van der Waals surface area contributed by atoms with Crippen LogP contribution < -0.4 is 20.5 Å². The minimum Gasteiger partial charge on any atom is -0.485 e. The fourth-order valence-corrected chi connectivity index (χ4v) is 3.06. The van der Waals surface area contributed by atoms with Crippen LogP contribution in [0, 0.1) is 0 Å². The highest BCUT2D eigenvalue weighted by atomic mass is 16.5. The van der Waals surface area contributed by atoms with E-state index >= 15 is 0 Å². The first-order valence-corrected chi connectivity index (χ1v) is 9.62. The second-order valence-corrected chi connectivity index (χ2v) is 6.75. The minimum absolute atomic E-state index is 0.229. The first kappa shape index (κ1) is 19.9. The van der Waals surface area contributed by atoms with Gasteiger partial charge in [0.2, 0.25) is 0 Å². The second-order valence-electron chi connectivity index (χ2n) is 6.75. The van der Waals surface area contributed by atoms with E-state index in [4.69, 9.17) is 15.2 Å². The third-order valence-corrected chi connectivity index (χ3v) is 4.65. The van der Waals surface area contributed by atoms with E-state index < -0.39 is 0 Å². The average Bonchev–Trinajstić information content (AvgIpc) is 2.76. The van der Waals surface area contributed by atoms with E-state index in [1.807, 2.05) is 49.5 Å². The molecule has 3 aromatic carbocycles. The van der Waals surface area contributed by atoms with Crippen LogP contribution in [0.3, 0.4) is 0 Å². The number of nitrogens with one attached hydrogen (secondary N) is 1. The van der Waals surface area contributed by atoms with Crippen molar-refractivity contribution in [3.05, 3.63) is 95.6 Å². The molecule has 0 heterocycles. The molecule has 4 heteroatoms. The lowest BCUT2D eigenvalue weighted by Crippen LogP contribution is -2.24. The van der Waals surface area contributed by atoms with Crippen LogP contribution in [0.1, 0.15) is 22.6 Å².